The molecule has 0 saturated carbocycles. The molecule has 0 unspecified atom stereocenters. The van der Waals surface area contributed by atoms with E-state index in [-0.39, 0.29) is 0 Å². The fourth-order valence-corrected chi connectivity index (χ4v) is 5.67. The molecule has 5 rings (SSSR count). The van der Waals surface area contributed by atoms with Crippen LogP contribution in [0.25, 0.3) is 21.4 Å². The van der Waals surface area contributed by atoms with Gasteiger partial charge in [0.25, 0.3) is 5.56 Å². The topological polar surface area (TPSA) is 74.7 Å². The van der Waals surface area contributed by atoms with Gasteiger partial charge in [-0.1, -0.05) is 41.9 Å². The number of halogens is 1. The number of aromatic nitrogens is 5. The maximum atomic E-state index is 13.0. The molecule has 0 spiro atoms. The third kappa shape index (κ3) is 3.38. The van der Waals surface area contributed by atoms with Crippen LogP contribution in [-0.2, 0) is 20.6 Å². The van der Waals surface area contributed by atoms with E-state index in [4.69, 9.17) is 11.6 Å². The van der Waals surface area contributed by atoms with Gasteiger partial charge in [0, 0.05) is 19.1 Å². The highest BCUT2D eigenvalue weighted by atomic mass is 35.5. The zero-order chi connectivity index (χ0) is 21.7. The van der Waals surface area contributed by atoms with E-state index in [9.17, 15) is 9.59 Å². The first-order valence-electron chi connectivity index (χ1n) is 9.37. The highest BCUT2D eigenvalue weighted by Gasteiger charge is 2.21. The first-order chi connectivity index (χ1) is 14.9. The highest BCUT2D eigenvalue weighted by molar-refractivity contribution is 8.01. The molecular weight excluding hydrogens is 454 g/mol. The van der Waals surface area contributed by atoms with Gasteiger partial charge in [-0.15, -0.1) is 11.3 Å². The standard InChI is InChI=1S/C21H16ClN5O2S2/c1-25-17-16(18(28)26(2)21(25)29)27(11-12-7-3-4-8-13(12)22)19(24-17)31-20-23-14-9-5-6-10-15(14)30-20/h3-10H,11H2,1-2H3. The molecule has 0 aliphatic rings. The molecule has 10 heteroatoms. The van der Waals surface area contributed by atoms with Crippen molar-refractivity contribution in [1.82, 2.24) is 23.7 Å². The number of nitrogens with zero attached hydrogens (tertiary/aromatic N) is 5. The maximum Gasteiger partial charge on any atom is 0.332 e. The lowest BCUT2D eigenvalue weighted by Crippen LogP contribution is -2.37. The number of imidazole rings is 1. The van der Waals surface area contributed by atoms with E-state index in [1.54, 1.807) is 18.4 Å². The van der Waals surface area contributed by atoms with Crippen molar-refractivity contribution in [2.24, 2.45) is 14.1 Å². The van der Waals surface area contributed by atoms with Gasteiger partial charge in [-0.25, -0.2) is 14.8 Å². The summed E-state index contributed by atoms with van der Waals surface area (Å²) in [5.74, 6) is 0. The van der Waals surface area contributed by atoms with Crippen LogP contribution in [0.3, 0.4) is 0 Å². The van der Waals surface area contributed by atoms with Crippen molar-refractivity contribution in [2.75, 3.05) is 0 Å². The van der Waals surface area contributed by atoms with Crippen LogP contribution in [0.2, 0.25) is 5.02 Å². The highest BCUT2D eigenvalue weighted by Crippen LogP contribution is 2.35. The molecule has 156 valence electrons. The van der Waals surface area contributed by atoms with Gasteiger partial charge in [0.05, 0.1) is 16.8 Å². The number of aryl methyl sites for hydroxylation is 1. The number of hydrogen-bond donors (Lipinski definition) is 0. The summed E-state index contributed by atoms with van der Waals surface area (Å²) in [6, 6.07) is 15.4. The molecule has 3 aromatic heterocycles. The summed E-state index contributed by atoms with van der Waals surface area (Å²) in [5, 5.41) is 1.18. The molecule has 7 nitrogen and oxygen atoms in total. The maximum absolute atomic E-state index is 13.0. The van der Waals surface area contributed by atoms with Gasteiger partial charge >= 0.3 is 5.69 Å². The minimum atomic E-state index is -0.420. The van der Waals surface area contributed by atoms with Crippen molar-refractivity contribution in [3.63, 3.8) is 0 Å². The number of para-hydroxylation sites is 1. The fourth-order valence-electron chi connectivity index (χ4n) is 3.42. The van der Waals surface area contributed by atoms with E-state index in [1.807, 2.05) is 53.1 Å². The average Bonchev–Trinajstić information content (AvgIpc) is 3.33. The molecule has 0 aliphatic heterocycles. The second-order valence-corrected chi connectivity index (χ2v) is 9.65. The molecule has 5 aromatic rings. The Kier molecular flexibility index (Phi) is 4.96. The molecule has 2 aromatic carbocycles. The molecule has 0 N–H and O–H groups in total. The van der Waals surface area contributed by atoms with E-state index in [0.29, 0.717) is 27.9 Å². The molecule has 0 saturated heterocycles. The Morgan fingerprint density at radius 2 is 1.74 bits per heavy atom. The summed E-state index contributed by atoms with van der Waals surface area (Å²) in [4.78, 5) is 34.8. The van der Waals surface area contributed by atoms with Crippen molar-refractivity contribution < 1.29 is 0 Å². The molecule has 31 heavy (non-hydrogen) atoms. The lowest BCUT2D eigenvalue weighted by Gasteiger charge is -2.10. The summed E-state index contributed by atoms with van der Waals surface area (Å²) >= 11 is 9.32. The van der Waals surface area contributed by atoms with E-state index in [2.05, 4.69) is 9.97 Å². The van der Waals surface area contributed by atoms with Crippen LogP contribution in [0.4, 0.5) is 0 Å². The molecule has 0 aliphatic carbocycles. The van der Waals surface area contributed by atoms with Gasteiger partial charge in [-0.05, 0) is 35.5 Å². The van der Waals surface area contributed by atoms with Gasteiger partial charge in [0.2, 0.25) is 0 Å². The molecule has 3 heterocycles. The molecular formula is C21H16ClN5O2S2. The van der Waals surface area contributed by atoms with Gasteiger partial charge in [-0.3, -0.25) is 13.9 Å². The van der Waals surface area contributed by atoms with Gasteiger partial charge in [-0.2, -0.15) is 0 Å². The Morgan fingerprint density at radius 3 is 2.52 bits per heavy atom. The molecule has 0 radical (unpaired) electrons. The second kappa shape index (κ2) is 7.67. The first-order valence-corrected chi connectivity index (χ1v) is 11.4. The Bertz CT molecular complexity index is 1550. The number of thiazole rings is 1. The monoisotopic (exact) mass is 469 g/mol. The minimum Gasteiger partial charge on any atom is -0.308 e. The van der Waals surface area contributed by atoms with Gasteiger partial charge in [0.1, 0.15) is 0 Å². The second-order valence-electron chi connectivity index (χ2n) is 7.00. The van der Waals surface area contributed by atoms with Crippen LogP contribution in [-0.4, -0.2) is 23.7 Å². The average molecular weight is 470 g/mol. The normalized spacial score (nSPS) is 11.6. The predicted molar refractivity (Wildman–Crippen MR) is 125 cm³/mol. The molecule has 0 fully saturated rings. The van der Waals surface area contributed by atoms with Gasteiger partial charge < -0.3 is 4.57 Å². The first kappa shape index (κ1) is 20.0. The van der Waals surface area contributed by atoms with Crippen molar-refractivity contribution >= 4 is 56.1 Å². The zero-order valence-electron chi connectivity index (χ0n) is 16.6. The summed E-state index contributed by atoms with van der Waals surface area (Å²) in [6.45, 7) is 0.344. The minimum absolute atomic E-state index is 0.337. The van der Waals surface area contributed by atoms with Crippen molar-refractivity contribution in [3.8, 4) is 0 Å². The zero-order valence-corrected chi connectivity index (χ0v) is 19.0. The van der Waals surface area contributed by atoms with Crippen molar-refractivity contribution in [3.05, 3.63) is 80.0 Å². The fraction of sp³-hybridized carbons (Fsp3) is 0.143. The van der Waals surface area contributed by atoms with E-state index >= 15 is 0 Å². The third-order valence-electron chi connectivity index (χ3n) is 5.05. The number of benzene rings is 2. The van der Waals surface area contributed by atoms with Crippen LogP contribution in [0, 0.1) is 0 Å². The number of fused-ring (bicyclic) bond motifs is 2. The van der Waals surface area contributed by atoms with E-state index in [0.717, 1.165) is 24.7 Å². The Morgan fingerprint density at radius 1 is 1.00 bits per heavy atom. The van der Waals surface area contributed by atoms with Crippen LogP contribution in [0.1, 0.15) is 5.56 Å². The number of rotatable bonds is 4. The molecule has 0 atom stereocenters. The molecule has 0 amide bonds. The summed E-state index contributed by atoms with van der Waals surface area (Å²) in [7, 11) is 3.08. The van der Waals surface area contributed by atoms with E-state index < -0.39 is 11.2 Å². The Labute approximate surface area is 189 Å². The SMILES string of the molecule is Cn1c(=O)c2c(nc(Sc3nc4ccccc4s3)n2Cc2ccccc2Cl)n(C)c1=O. The lowest BCUT2D eigenvalue weighted by atomic mass is 10.2. The Hall–Kier alpha value is -2.88. The van der Waals surface area contributed by atoms with Crippen LogP contribution >= 0.6 is 34.7 Å². The number of hydrogen-bond acceptors (Lipinski definition) is 6. The molecule has 0 bridgehead atoms. The third-order valence-corrected chi connectivity index (χ3v) is 7.51. The summed E-state index contributed by atoms with van der Waals surface area (Å²) < 4.78 is 6.18. The van der Waals surface area contributed by atoms with Gasteiger partial charge in [0.15, 0.2) is 20.7 Å². The van der Waals surface area contributed by atoms with E-state index in [1.165, 1.54) is 23.4 Å². The van der Waals surface area contributed by atoms with Crippen LogP contribution < -0.4 is 11.2 Å². The van der Waals surface area contributed by atoms with Crippen LogP contribution in [0.5, 0.6) is 0 Å². The largest absolute Gasteiger partial charge is 0.332 e. The Balaban J connectivity index is 1.73. The van der Waals surface area contributed by atoms with Crippen molar-refractivity contribution in [2.45, 2.75) is 16.0 Å². The predicted octanol–water partition coefficient (Wildman–Crippen LogP) is 3.90. The summed E-state index contributed by atoms with van der Waals surface area (Å²) in [5.41, 5.74) is 1.64. The van der Waals surface area contributed by atoms with Crippen molar-refractivity contribution in [1.29, 1.82) is 0 Å². The lowest BCUT2D eigenvalue weighted by molar-refractivity contribution is 0.696. The smallest absolute Gasteiger partial charge is 0.308 e. The van der Waals surface area contributed by atoms with Crippen LogP contribution in [0.15, 0.2) is 67.6 Å². The quantitative estimate of drug-likeness (QED) is 0.399. The summed E-state index contributed by atoms with van der Waals surface area (Å²) in [6.07, 6.45) is 0.